The summed E-state index contributed by atoms with van der Waals surface area (Å²) in [6.07, 6.45) is 5.10. The maximum atomic E-state index is 6.25. The highest BCUT2D eigenvalue weighted by Crippen LogP contribution is 2.25. The van der Waals surface area contributed by atoms with Gasteiger partial charge in [0, 0.05) is 26.4 Å². The summed E-state index contributed by atoms with van der Waals surface area (Å²) in [6, 6.07) is 1.15. The summed E-state index contributed by atoms with van der Waals surface area (Å²) in [5.41, 5.74) is 2.23. The summed E-state index contributed by atoms with van der Waals surface area (Å²) in [5, 5.41) is 0.589. The number of fused-ring (bicyclic) bond motifs is 1. The minimum Gasteiger partial charge on any atom is -0.361 e. The molecule has 108 valence electrons. The number of hydrogen-bond donors (Lipinski definition) is 0. The normalized spacial score (nSPS) is 12.0. The van der Waals surface area contributed by atoms with E-state index in [0.29, 0.717) is 17.3 Å². The fourth-order valence-corrected chi connectivity index (χ4v) is 2.78. The highest BCUT2D eigenvalue weighted by molar-refractivity contribution is 6.76. The molecule has 2 aromatic rings. The van der Waals surface area contributed by atoms with Crippen LogP contribution in [0.2, 0.25) is 30.7 Å². The predicted octanol–water partition coefficient (Wildman–Crippen LogP) is 4.04. The number of nitrogens with zero attached hydrogens (tertiary/aromatic N) is 3. The number of aromatic nitrogens is 3. The Labute approximate surface area is 125 Å². The van der Waals surface area contributed by atoms with Crippen LogP contribution in [0.25, 0.3) is 17.2 Å². The fourth-order valence-electron chi connectivity index (χ4n) is 1.77. The molecule has 0 aliphatic heterocycles. The van der Waals surface area contributed by atoms with E-state index in [1.165, 1.54) is 0 Å². The lowest BCUT2D eigenvalue weighted by Gasteiger charge is -2.15. The van der Waals surface area contributed by atoms with Gasteiger partial charge in [0.25, 0.3) is 0 Å². The zero-order chi connectivity index (χ0) is 14.8. The molecule has 2 heterocycles. The smallest absolute Gasteiger partial charge is 0.163 e. The van der Waals surface area contributed by atoms with Gasteiger partial charge in [-0.15, -0.1) is 0 Å². The maximum absolute atomic E-state index is 6.25. The predicted molar refractivity (Wildman–Crippen MR) is 86.7 cm³/mol. The summed E-state index contributed by atoms with van der Waals surface area (Å²) >= 11 is 6.25. The molecular formula is C14H20ClN3OSi. The Hall–Kier alpha value is -1.17. The Balaban J connectivity index is 2.08. The molecule has 0 saturated carbocycles. The third-order valence-corrected chi connectivity index (χ3v) is 5.15. The zero-order valence-corrected chi connectivity index (χ0v) is 13.9. The number of hydrogen-bond acceptors (Lipinski definition) is 3. The number of rotatable bonds is 6. The van der Waals surface area contributed by atoms with E-state index in [0.717, 1.165) is 23.9 Å². The largest absolute Gasteiger partial charge is 0.361 e. The van der Waals surface area contributed by atoms with E-state index in [-0.39, 0.29) is 0 Å². The molecule has 0 N–H and O–H groups in total. The van der Waals surface area contributed by atoms with Crippen molar-refractivity contribution in [3.63, 3.8) is 0 Å². The topological polar surface area (TPSA) is 39.9 Å². The van der Waals surface area contributed by atoms with E-state index in [2.05, 4.69) is 36.2 Å². The van der Waals surface area contributed by atoms with Crippen LogP contribution in [0.5, 0.6) is 0 Å². The molecule has 2 aromatic heterocycles. The van der Waals surface area contributed by atoms with E-state index in [1.807, 2.05) is 4.57 Å². The molecule has 0 saturated heterocycles. The van der Waals surface area contributed by atoms with Crippen molar-refractivity contribution >= 4 is 36.9 Å². The highest BCUT2D eigenvalue weighted by atomic mass is 35.5. The molecule has 0 atom stereocenters. The summed E-state index contributed by atoms with van der Waals surface area (Å²) in [4.78, 5) is 8.68. The molecule has 20 heavy (non-hydrogen) atoms. The first-order valence-corrected chi connectivity index (χ1v) is 10.7. The Bertz CT molecular complexity index is 619. The Morgan fingerprint density at radius 2 is 2.15 bits per heavy atom. The van der Waals surface area contributed by atoms with Crippen molar-refractivity contribution in [3.8, 4) is 0 Å². The standard InChI is InChI=1S/C14H20ClN3OSi/c1-5-11-8-16-14-13(12(11)15)17-9-18(14)10-19-6-7-20(2,3)4/h5,8-9H,1,6-7,10H2,2-4H3. The van der Waals surface area contributed by atoms with Crippen LogP contribution in [0, 0.1) is 0 Å². The number of imidazole rings is 1. The summed E-state index contributed by atoms with van der Waals surface area (Å²) in [7, 11) is -1.05. The molecule has 4 nitrogen and oxygen atoms in total. The lowest BCUT2D eigenvalue weighted by atomic mass is 10.2. The van der Waals surface area contributed by atoms with Gasteiger partial charge in [-0.3, -0.25) is 4.57 Å². The van der Waals surface area contributed by atoms with Crippen molar-refractivity contribution < 1.29 is 4.74 Å². The third-order valence-electron chi connectivity index (χ3n) is 3.04. The van der Waals surface area contributed by atoms with Gasteiger partial charge in [0.15, 0.2) is 5.65 Å². The third kappa shape index (κ3) is 3.48. The van der Waals surface area contributed by atoms with Gasteiger partial charge < -0.3 is 4.74 Å². The van der Waals surface area contributed by atoms with Crippen LogP contribution in [0.15, 0.2) is 19.1 Å². The first kappa shape index (κ1) is 15.2. The summed E-state index contributed by atoms with van der Waals surface area (Å²) in [5.74, 6) is 0. The first-order valence-electron chi connectivity index (χ1n) is 6.62. The summed E-state index contributed by atoms with van der Waals surface area (Å²) < 4.78 is 7.59. The molecule has 0 aliphatic carbocycles. The molecule has 0 radical (unpaired) electrons. The molecule has 0 fully saturated rings. The Kier molecular flexibility index (Phi) is 4.62. The second-order valence-electron chi connectivity index (χ2n) is 5.97. The van der Waals surface area contributed by atoms with E-state index in [4.69, 9.17) is 16.3 Å². The Morgan fingerprint density at radius 3 is 2.80 bits per heavy atom. The fraction of sp³-hybridized carbons (Fsp3) is 0.429. The quantitative estimate of drug-likeness (QED) is 0.597. The van der Waals surface area contributed by atoms with E-state index < -0.39 is 8.07 Å². The van der Waals surface area contributed by atoms with Crippen molar-refractivity contribution in [2.24, 2.45) is 0 Å². The van der Waals surface area contributed by atoms with Crippen molar-refractivity contribution in [1.82, 2.24) is 14.5 Å². The number of halogens is 1. The molecule has 0 bridgehead atoms. The van der Waals surface area contributed by atoms with Crippen LogP contribution in [0.1, 0.15) is 5.56 Å². The van der Waals surface area contributed by atoms with Crippen molar-refractivity contribution in [2.45, 2.75) is 32.4 Å². The summed E-state index contributed by atoms with van der Waals surface area (Å²) in [6.45, 7) is 11.9. The average molecular weight is 310 g/mol. The van der Waals surface area contributed by atoms with Crippen molar-refractivity contribution in [3.05, 3.63) is 29.7 Å². The minimum absolute atomic E-state index is 0.456. The monoisotopic (exact) mass is 309 g/mol. The molecular weight excluding hydrogens is 290 g/mol. The molecule has 2 rings (SSSR count). The van der Waals surface area contributed by atoms with Gasteiger partial charge in [-0.1, -0.05) is 43.9 Å². The van der Waals surface area contributed by atoms with E-state index in [9.17, 15) is 0 Å². The van der Waals surface area contributed by atoms with Crippen LogP contribution >= 0.6 is 11.6 Å². The van der Waals surface area contributed by atoms with Gasteiger partial charge in [-0.2, -0.15) is 0 Å². The van der Waals surface area contributed by atoms with Gasteiger partial charge in [-0.05, 0) is 6.04 Å². The molecule has 0 aliphatic rings. The van der Waals surface area contributed by atoms with Gasteiger partial charge in [0.1, 0.15) is 12.2 Å². The average Bonchev–Trinajstić information content (AvgIpc) is 2.78. The van der Waals surface area contributed by atoms with E-state index in [1.54, 1.807) is 18.6 Å². The lowest BCUT2D eigenvalue weighted by Crippen LogP contribution is -2.22. The lowest BCUT2D eigenvalue weighted by molar-refractivity contribution is 0.0895. The van der Waals surface area contributed by atoms with Crippen LogP contribution in [0.3, 0.4) is 0 Å². The molecule has 0 spiro atoms. The number of ether oxygens (including phenoxy) is 1. The minimum atomic E-state index is -1.05. The van der Waals surface area contributed by atoms with Crippen LogP contribution in [-0.4, -0.2) is 29.2 Å². The van der Waals surface area contributed by atoms with Gasteiger partial charge >= 0.3 is 0 Å². The zero-order valence-electron chi connectivity index (χ0n) is 12.2. The van der Waals surface area contributed by atoms with Crippen molar-refractivity contribution in [2.75, 3.05) is 6.61 Å². The highest BCUT2D eigenvalue weighted by Gasteiger charge is 2.13. The van der Waals surface area contributed by atoms with Gasteiger partial charge in [-0.25, -0.2) is 9.97 Å². The maximum Gasteiger partial charge on any atom is 0.163 e. The van der Waals surface area contributed by atoms with Crippen molar-refractivity contribution in [1.29, 1.82) is 0 Å². The van der Waals surface area contributed by atoms with Crippen LogP contribution in [0.4, 0.5) is 0 Å². The first-order chi connectivity index (χ1) is 9.42. The molecule has 0 amide bonds. The van der Waals surface area contributed by atoms with E-state index >= 15 is 0 Å². The second kappa shape index (κ2) is 6.07. The Morgan fingerprint density at radius 1 is 1.40 bits per heavy atom. The molecule has 6 heteroatoms. The van der Waals surface area contributed by atoms with Crippen LogP contribution < -0.4 is 0 Å². The van der Waals surface area contributed by atoms with Gasteiger partial charge in [0.2, 0.25) is 0 Å². The molecule has 0 unspecified atom stereocenters. The van der Waals surface area contributed by atoms with Gasteiger partial charge in [0.05, 0.1) is 11.3 Å². The SMILES string of the molecule is C=Cc1cnc2c(ncn2COCC[Si](C)(C)C)c1Cl. The second-order valence-corrected chi connectivity index (χ2v) is 12.0. The molecule has 0 aromatic carbocycles. The van der Waals surface area contributed by atoms with Crippen LogP contribution in [-0.2, 0) is 11.5 Å². The number of pyridine rings is 1.